The standard InChI is InChI=1S/C19H22N2O4S/c1-3-8-25-16-7-6-13(10-17(16)23-2)19-21-15(12-26-19)18(22)20-11-14-5-4-9-24-14/h3,6-7,10,12,14H,1,4-5,8-9,11H2,2H3,(H,20,22)/t14-/m0/s1. The lowest BCUT2D eigenvalue weighted by Crippen LogP contribution is -2.31. The van der Waals surface area contributed by atoms with Crippen molar-refractivity contribution < 1.29 is 19.0 Å². The Morgan fingerprint density at radius 2 is 2.38 bits per heavy atom. The maximum atomic E-state index is 12.3. The zero-order valence-electron chi connectivity index (χ0n) is 14.7. The molecule has 26 heavy (non-hydrogen) atoms. The summed E-state index contributed by atoms with van der Waals surface area (Å²) in [4.78, 5) is 16.7. The summed E-state index contributed by atoms with van der Waals surface area (Å²) in [6.07, 6.45) is 3.83. The molecule has 1 aromatic carbocycles. The second kappa shape index (κ2) is 8.82. The molecule has 0 bridgehead atoms. The molecule has 0 spiro atoms. The number of aromatic nitrogens is 1. The second-order valence-corrected chi connectivity index (χ2v) is 6.71. The average Bonchev–Trinajstić information content (AvgIpc) is 3.36. The molecular weight excluding hydrogens is 352 g/mol. The van der Waals surface area contributed by atoms with Crippen LogP contribution in [0.4, 0.5) is 0 Å². The van der Waals surface area contributed by atoms with Crippen molar-refractivity contribution in [2.24, 2.45) is 0 Å². The fourth-order valence-corrected chi connectivity index (χ4v) is 3.48. The smallest absolute Gasteiger partial charge is 0.270 e. The topological polar surface area (TPSA) is 69.7 Å². The molecular formula is C19H22N2O4S. The molecule has 3 rings (SSSR count). The molecule has 0 radical (unpaired) electrons. The number of amides is 1. The number of benzene rings is 1. The van der Waals surface area contributed by atoms with E-state index in [4.69, 9.17) is 14.2 Å². The van der Waals surface area contributed by atoms with Crippen molar-refractivity contribution in [2.75, 3.05) is 26.9 Å². The van der Waals surface area contributed by atoms with Crippen molar-refractivity contribution in [3.8, 4) is 22.1 Å². The minimum absolute atomic E-state index is 0.115. The number of ether oxygens (including phenoxy) is 3. The number of carbonyl (C=O) groups is 1. The zero-order chi connectivity index (χ0) is 18.4. The largest absolute Gasteiger partial charge is 0.493 e. The molecule has 1 aliphatic heterocycles. The van der Waals surface area contributed by atoms with Crippen LogP contribution in [0, 0.1) is 0 Å². The third-order valence-electron chi connectivity index (χ3n) is 4.02. The molecule has 1 N–H and O–H groups in total. The maximum absolute atomic E-state index is 12.3. The van der Waals surface area contributed by atoms with Crippen molar-refractivity contribution in [1.29, 1.82) is 0 Å². The number of nitrogens with one attached hydrogen (secondary N) is 1. The van der Waals surface area contributed by atoms with Crippen LogP contribution in [0.5, 0.6) is 11.5 Å². The molecule has 1 saturated heterocycles. The lowest BCUT2D eigenvalue weighted by molar-refractivity contribution is 0.0854. The van der Waals surface area contributed by atoms with E-state index in [2.05, 4.69) is 16.9 Å². The number of thiazole rings is 1. The molecule has 1 fully saturated rings. The minimum Gasteiger partial charge on any atom is -0.493 e. The Morgan fingerprint density at radius 3 is 3.12 bits per heavy atom. The van der Waals surface area contributed by atoms with Gasteiger partial charge in [-0.15, -0.1) is 11.3 Å². The van der Waals surface area contributed by atoms with E-state index in [0.717, 1.165) is 30.0 Å². The number of methoxy groups -OCH3 is 1. The highest BCUT2D eigenvalue weighted by Crippen LogP contribution is 2.33. The van der Waals surface area contributed by atoms with Crippen LogP contribution < -0.4 is 14.8 Å². The van der Waals surface area contributed by atoms with Crippen LogP contribution in [-0.2, 0) is 4.74 Å². The van der Waals surface area contributed by atoms with E-state index >= 15 is 0 Å². The quantitative estimate of drug-likeness (QED) is 0.718. The van der Waals surface area contributed by atoms with Crippen LogP contribution in [0.3, 0.4) is 0 Å². The molecule has 0 unspecified atom stereocenters. The van der Waals surface area contributed by atoms with Gasteiger partial charge in [-0.1, -0.05) is 12.7 Å². The first-order chi connectivity index (χ1) is 12.7. The van der Waals surface area contributed by atoms with E-state index in [-0.39, 0.29) is 12.0 Å². The van der Waals surface area contributed by atoms with Crippen molar-refractivity contribution >= 4 is 17.2 Å². The first kappa shape index (κ1) is 18.4. The molecule has 2 heterocycles. The first-order valence-corrected chi connectivity index (χ1v) is 9.36. The van der Waals surface area contributed by atoms with Crippen LogP contribution in [0.15, 0.2) is 36.2 Å². The van der Waals surface area contributed by atoms with Crippen molar-refractivity contribution in [3.05, 3.63) is 41.9 Å². The predicted molar refractivity (Wildman–Crippen MR) is 101 cm³/mol. The van der Waals surface area contributed by atoms with E-state index in [1.165, 1.54) is 11.3 Å². The molecule has 6 nitrogen and oxygen atoms in total. The highest BCUT2D eigenvalue weighted by Gasteiger charge is 2.18. The molecule has 0 saturated carbocycles. The summed E-state index contributed by atoms with van der Waals surface area (Å²) in [5.74, 6) is 1.08. The fourth-order valence-electron chi connectivity index (χ4n) is 2.68. The molecule has 2 aromatic rings. The number of carbonyl (C=O) groups excluding carboxylic acids is 1. The van der Waals surface area contributed by atoms with Gasteiger partial charge in [-0.05, 0) is 31.0 Å². The summed E-state index contributed by atoms with van der Waals surface area (Å²) in [6, 6.07) is 5.58. The van der Waals surface area contributed by atoms with Crippen LogP contribution in [0.2, 0.25) is 0 Å². The van der Waals surface area contributed by atoms with Gasteiger partial charge in [0.2, 0.25) is 0 Å². The van der Waals surface area contributed by atoms with Gasteiger partial charge in [-0.25, -0.2) is 4.98 Å². The van der Waals surface area contributed by atoms with Gasteiger partial charge in [-0.2, -0.15) is 0 Å². The van der Waals surface area contributed by atoms with Gasteiger partial charge in [0.15, 0.2) is 11.5 Å². The van der Waals surface area contributed by atoms with E-state index in [9.17, 15) is 4.79 Å². The van der Waals surface area contributed by atoms with Gasteiger partial charge in [0.05, 0.1) is 13.2 Å². The predicted octanol–water partition coefficient (Wildman–Crippen LogP) is 3.29. The Morgan fingerprint density at radius 1 is 1.50 bits per heavy atom. The van der Waals surface area contributed by atoms with Crippen LogP contribution >= 0.6 is 11.3 Å². The van der Waals surface area contributed by atoms with Gasteiger partial charge in [-0.3, -0.25) is 4.79 Å². The average molecular weight is 374 g/mol. The van der Waals surface area contributed by atoms with E-state index in [0.29, 0.717) is 30.3 Å². The molecule has 1 atom stereocenters. The Bertz CT molecular complexity index is 769. The third kappa shape index (κ3) is 4.42. The lowest BCUT2D eigenvalue weighted by atomic mass is 10.2. The van der Waals surface area contributed by atoms with Crippen molar-refractivity contribution in [1.82, 2.24) is 10.3 Å². The van der Waals surface area contributed by atoms with E-state index < -0.39 is 0 Å². The lowest BCUT2D eigenvalue weighted by Gasteiger charge is -2.10. The Balaban J connectivity index is 1.68. The van der Waals surface area contributed by atoms with Crippen molar-refractivity contribution in [2.45, 2.75) is 18.9 Å². The Labute approximate surface area is 156 Å². The summed E-state index contributed by atoms with van der Waals surface area (Å²) < 4.78 is 16.4. The highest BCUT2D eigenvalue weighted by atomic mass is 32.1. The molecule has 1 aliphatic rings. The maximum Gasteiger partial charge on any atom is 0.270 e. The molecule has 1 aromatic heterocycles. The van der Waals surface area contributed by atoms with E-state index in [1.807, 2.05) is 18.2 Å². The number of nitrogens with zero attached hydrogens (tertiary/aromatic N) is 1. The van der Waals surface area contributed by atoms with E-state index in [1.54, 1.807) is 18.6 Å². The Hall–Kier alpha value is -2.38. The van der Waals surface area contributed by atoms with Gasteiger partial charge in [0.25, 0.3) is 5.91 Å². The second-order valence-electron chi connectivity index (χ2n) is 5.85. The number of rotatable bonds is 8. The summed E-state index contributed by atoms with van der Waals surface area (Å²) in [5.41, 5.74) is 1.28. The van der Waals surface area contributed by atoms with Gasteiger partial charge >= 0.3 is 0 Å². The molecule has 0 aliphatic carbocycles. The summed E-state index contributed by atoms with van der Waals surface area (Å²) >= 11 is 1.42. The molecule has 7 heteroatoms. The highest BCUT2D eigenvalue weighted by molar-refractivity contribution is 7.13. The van der Waals surface area contributed by atoms with Crippen molar-refractivity contribution in [3.63, 3.8) is 0 Å². The van der Waals surface area contributed by atoms with Gasteiger partial charge in [0.1, 0.15) is 17.3 Å². The summed E-state index contributed by atoms with van der Waals surface area (Å²) in [6.45, 7) is 5.34. The molecule has 1 amide bonds. The van der Waals surface area contributed by atoms with Crippen LogP contribution in [0.25, 0.3) is 10.6 Å². The van der Waals surface area contributed by atoms with Gasteiger partial charge in [0, 0.05) is 24.1 Å². The Kier molecular flexibility index (Phi) is 6.25. The number of hydrogen-bond acceptors (Lipinski definition) is 6. The summed E-state index contributed by atoms with van der Waals surface area (Å²) in [7, 11) is 1.59. The van der Waals surface area contributed by atoms with Crippen LogP contribution in [0.1, 0.15) is 23.3 Å². The third-order valence-corrected chi connectivity index (χ3v) is 4.91. The van der Waals surface area contributed by atoms with Gasteiger partial charge < -0.3 is 19.5 Å². The summed E-state index contributed by atoms with van der Waals surface area (Å²) in [5, 5.41) is 5.40. The first-order valence-electron chi connectivity index (χ1n) is 8.48. The number of hydrogen-bond donors (Lipinski definition) is 1. The zero-order valence-corrected chi connectivity index (χ0v) is 15.5. The SMILES string of the molecule is C=CCOc1ccc(-c2nc(C(=O)NC[C@@H]3CCCO3)cs2)cc1OC. The fraction of sp³-hybridized carbons (Fsp3) is 0.368. The monoisotopic (exact) mass is 374 g/mol. The minimum atomic E-state index is -0.180. The molecule has 138 valence electrons. The van der Waals surface area contributed by atoms with Crippen LogP contribution in [-0.4, -0.2) is 43.9 Å². The normalized spacial score (nSPS) is 16.3.